The number of amides is 3. The molecule has 0 saturated heterocycles. The van der Waals surface area contributed by atoms with Gasteiger partial charge in [-0.3, -0.25) is 14.4 Å². The first-order chi connectivity index (χ1) is 14.2. The average Bonchev–Trinajstić information content (AvgIpc) is 3.12. The predicted molar refractivity (Wildman–Crippen MR) is 120 cm³/mol. The molecule has 0 aliphatic rings. The van der Waals surface area contributed by atoms with Crippen LogP contribution in [0.4, 0.5) is 5.13 Å². The quantitative estimate of drug-likeness (QED) is 0.578. The Morgan fingerprint density at radius 1 is 1.17 bits per heavy atom. The number of benzene rings is 1. The van der Waals surface area contributed by atoms with E-state index in [1.807, 2.05) is 20.8 Å². The summed E-state index contributed by atoms with van der Waals surface area (Å²) < 4.78 is 0. The van der Waals surface area contributed by atoms with Crippen LogP contribution in [-0.2, 0) is 16.0 Å². The number of thiazole rings is 1. The van der Waals surface area contributed by atoms with Gasteiger partial charge in [-0.1, -0.05) is 30.1 Å². The smallest absolute Gasteiger partial charge is 0.254 e. The molecule has 2 aromatic rings. The summed E-state index contributed by atoms with van der Waals surface area (Å²) in [6, 6.07) is 4.38. The zero-order chi connectivity index (χ0) is 22.3. The van der Waals surface area contributed by atoms with Gasteiger partial charge in [0.25, 0.3) is 5.91 Å². The molecule has 0 spiro atoms. The van der Waals surface area contributed by atoms with E-state index in [0.29, 0.717) is 28.0 Å². The van der Waals surface area contributed by atoms with Crippen molar-refractivity contribution in [2.24, 2.45) is 0 Å². The van der Waals surface area contributed by atoms with E-state index in [2.05, 4.69) is 15.6 Å². The van der Waals surface area contributed by atoms with Gasteiger partial charge < -0.3 is 15.5 Å². The number of hydrogen-bond donors (Lipinski definition) is 2. The van der Waals surface area contributed by atoms with Gasteiger partial charge in [0.1, 0.15) is 6.54 Å². The van der Waals surface area contributed by atoms with Crippen molar-refractivity contribution in [3.8, 4) is 0 Å². The lowest BCUT2D eigenvalue weighted by molar-refractivity contribution is -0.120. The third kappa shape index (κ3) is 6.97. The Kier molecular flexibility index (Phi) is 9.08. The van der Waals surface area contributed by atoms with Crippen molar-refractivity contribution in [2.45, 2.75) is 39.7 Å². The van der Waals surface area contributed by atoms with Crippen LogP contribution in [0.25, 0.3) is 0 Å². The summed E-state index contributed by atoms with van der Waals surface area (Å²) >= 11 is 13.1. The zero-order valence-corrected chi connectivity index (χ0v) is 19.3. The molecule has 1 aromatic heterocycles. The maximum Gasteiger partial charge on any atom is 0.254 e. The molecule has 10 heteroatoms. The Labute approximate surface area is 189 Å². The zero-order valence-electron chi connectivity index (χ0n) is 17.0. The normalized spacial score (nSPS) is 10.7. The molecular formula is C20H24Cl2N4O3S. The van der Waals surface area contributed by atoms with E-state index in [-0.39, 0.29) is 41.8 Å². The topological polar surface area (TPSA) is 91.4 Å². The van der Waals surface area contributed by atoms with Gasteiger partial charge in [-0.2, -0.15) is 0 Å². The van der Waals surface area contributed by atoms with E-state index >= 15 is 0 Å². The van der Waals surface area contributed by atoms with Gasteiger partial charge in [-0.25, -0.2) is 4.98 Å². The summed E-state index contributed by atoms with van der Waals surface area (Å²) in [6.45, 7) is 6.08. The molecule has 1 aromatic carbocycles. The van der Waals surface area contributed by atoms with Crippen molar-refractivity contribution in [1.82, 2.24) is 15.2 Å². The fraction of sp³-hybridized carbons (Fsp3) is 0.400. The van der Waals surface area contributed by atoms with Gasteiger partial charge in [0.2, 0.25) is 11.8 Å². The molecule has 30 heavy (non-hydrogen) atoms. The Balaban J connectivity index is 1.99. The highest BCUT2D eigenvalue weighted by Crippen LogP contribution is 2.24. The predicted octanol–water partition coefficient (Wildman–Crippen LogP) is 4.01. The number of halogens is 2. The highest BCUT2D eigenvalue weighted by atomic mass is 35.5. The second kappa shape index (κ2) is 11.3. The van der Waals surface area contributed by atoms with Gasteiger partial charge in [-0.05, 0) is 38.5 Å². The number of rotatable bonds is 9. The number of aromatic nitrogens is 1. The second-order valence-electron chi connectivity index (χ2n) is 6.87. The number of carbonyl (C=O) groups excluding carboxylic acids is 3. The van der Waals surface area contributed by atoms with Crippen LogP contribution in [0.5, 0.6) is 0 Å². The van der Waals surface area contributed by atoms with Crippen LogP contribution in [0.1, 0.15) is 43.2 Å². The van der Waals surface area contributed by atoms with Crippen molar-refractivity contribution in [2.75, 3.05) is 18.4 Å². The molecular weight excluding hydrogens is 447 g/mol. The SMILES string of the molecule is CCCNC(=O)Cc1csc(NC(=O)CN(C(=O)c2ccc(Cl)c(Cl)c2)C(C)C)n1. The molecule has 0 fully saturated rings. The van der Waals surface area contributed by atoms with Crippen LogP contribution >= 0.6 is 34.5 Å². The van der Waals surface area contributed by atoms with Crippen LogP contribution in [0.2, 0.25) is 10.0 Å². The largest absolute Gasteiger partial charge is 0.356 e. The van der Waals surface area contributed by atoms with Gasteiger partial charge in [0.15, 0.2) is 5.13 Å². The molecule has 0 atom stereocenters. The molecule has 0 bridgehead atoms. The van der Waals surface area contributed by atoms with Gasteiger partial charge in [-0.15, -0.1) is 11.3 Å². The summed E-state index contributed by atoms with van der Waals surface area (Å²) in [5, 5.41) is 8.20. The van der Waals surface area contributed by atoms with E-state index in [1.54, 1.807) is 17.5 Å². The lowest BCUT2D eigenvalue weighted by Gasteiger charge is -2.26. The minimum atomic E-state index is -0.381. The molecule has 0 unspecified atom stereocenters. The van der Waals surface area contributed by atoms with Crippen molar-refractivity contribution in [3.05, 3.63) is 44.9 Å². The number of hydrogen-bond acceptors (Lipinski definition) is 5. The maximum atomic E-state index is 12.8. The average molecular weight is 471 g/mol. The Bertz CT molecular complexity index is 917. The van der Waals surface area contributed by atoms with Crippen molar-refractivity contribution < 1.29 is 14.4 Å². The Hall–Kier alpha value is -2.16. The first-order valence-electron chi connectivity index (χ1n) is 9.48. The first kappa shape index (κ1) is 24.1. The number of carbonyl (C=O) groups is 3. The third-order valence-electron chi connectivity index (χ3n) is 4.08. The third-order valence-corrected chi connectivity index (χ3v) is 5.62. The number of anilines is 1. The number of nitrogens with one attached hydrogen (secondary N) is 2. The van der Waals surface area contributed by atoms with Gasteiger partial charge in [0.05, 0.1) is 22.2 Å². The van der Waals surface area contributed by atoms with Crippen molar-refractivity contribution in [1.29, 1.82) is 0 Å². The van der Waals surface area contributed by atoms with Crippen LogP contribution < -0.4 is 10.6 Å². The molecule has 0 aliphatic heterocycles. The molecule has 2 rings (SSSR count). The van der Waals surface area contributed by atoms with E-state index in [0.717, 1.165) is 6.42 Å². The molecule has 2 N–H and O–H groups in total. The van der Waals surface area contributed by atoms with Crippen LogP contribution in [0.15, 0.2) is 23.6 Å². The minimum absolute atomic E-state index is 0.113. The highest BCUT2D eigenvalue weighted by Gasteiger charge is 2.23. The molecule has 7 nitrogen and oxygen atoms in total. The van der Waals surface area contributed by atoms with Crippen molar-refractivity contribution >= 4 is 57.4 Å². The second-order valence-corrected chi connectivity index (χ2v) is 8.55. The van der Waals surface area contributed by atoms with Crippen LogP contribution in [0, 0.1) is 0 Å². The van der Waals surface area contributed by atoms with Crippen LogP contribution in [0.3, 0.4) is 0 Å². The lowest BCUT2D eigenvalue weighted by atomic mass is 10.1. The maximum absolute atomic E-state index is 12.8. The highest BCUT2D eigenvalue weighted by molar-refractivity contribution is 7.13. The van der Waals surface area contributed by atoms with Gasteiger partial charge >= 0.3 is 0 Å². The summed E-state index contributed by atoms with van der Waals surface area (Å²) in [6.07, 6.45) is 1.01. The molecule has 0 saturated carbocycles. The van der Waals surface area contributed by atoms with E-state index in [1.165, 1.54) is 22.3 Å². The molecule has 0 aliphatic carbocycles. The lowest BCUT2D eigenvalue weighted by Crippen LogP contribution is -2.42. The summed E-state index contributed by atoms with van der Waals surface area (Å²) in [7, 11) is 0. The van der Waals surface area contributed by atoms with E-state index in [9.17, 15) is 14.4 Å². The Morgan fingerprint density at radius 2 is 1.90 bits per heavy atom. The Morgan fingerprint density at radius 3 is 2.53 bits per heavy atom. The summed E-state index contributed by atoms with van der Waals surface area (Å²) in [5.74, 6) is -0.821. The number of nitrogens with zero attached hydrogens (tertiary/aromatic N) is 2. The fourth-order valence-electron chi connectivity index (χ4n) is 2.53. The summed E-state index contributed by atoms with van der Waals surface area (Å²) in [5.41, 5.74) is 0.928. The van der Waals surface area contributed by atoms with Crippen molar-refractivity contribution in [3.63, 3.8) is 0 Å². The molecule has 1 heterocycles. The summed E-state index contributed by atoms with van der Waals surface area (Å²) in [4.78, 5) is 42.8. The van der Waals surface area contributed by atoms with Gasteiger partial charge in [0, 0.05) is 23.5 Å². The fourth-order valence-corrected chi connectivity index (χ4v) is 3.56. The monoisotopic (exact) mass is 470 g/mol. The first-order valence-corrected chi connectivity index (χ1v) is 11.1. The molecule has 162 valence electrons. The van der Waals surface area contributed by atoms with E-state index < -0.39 is 0 Å². The van der Waals surface area contributed by atoms with Crippen LogP contribution in [-0.4, -0.2) is 46.7 Å². The minimum Gasteiger partial charge on any atom is -0.356 e. The standard InChI is InChI=1S/C20H24Cl2N4O3S/c1-4-7-23-17(27)9-14-11-30-20(24-14)25-18(28)10-26(12(2)3)19(29)13-5-6-15(21)16(22)8-13/h5-6,8,11-12H,4,7,9-10H2,1-3H3,(H,23,27)(H,24,25,28). The molecule has 0 radical (unpaired) electrons. The molecule has 3 amide bonds. The van der Waals surface area contributed by atoms with E-state index in [4.69, 9.17) is 23.2 Å².